The van der Waals surface area contributed by atoms with Crippen molar-refractivity contribution in [1.29, 1.82) is 0 Å². The Hall–Kier alpha value is -3.67. The molecule has 0 aromatic heterocycles. The van der Waals surface area contributed by atoms with Crippen LogP contribution < -0.4 is 0 Å². The highest BCUT2D eigenvalue weighted by Gasteiger charge is 2.19. The lowest BCUT2D eigenvalue weighted by Crippen LogP contribution is -2.30. The van der Waals surface area contributed by atoms with Crippen LogP contribution in [0.25, 0.3) is 0 Å². The lowest BCUT2D eigenvalue weighted by atomic mass is 10.0. The fraction of sp³-hybridized carbons (Fsp3) is 0.747. The molecular formula is C75H130O6. The zero-order valence-electron chi connectivity index (χ0n) is 53.5. The predicted octanol–water partition coefficient (Wildman–Crippen LogP) is 24.0. The van der Waals surface area contributed by atoms with Crippen molar-refractivity contribution >= 4 is 17.9 Å². The molecule has 6 heteroatoms. The SMILES string of the molecule is CC/C=C\C/C=C\C/C=C\C/C=C\C/C=C\CCCCCCCCCC(=O)OC(COC(=O)CCCCC/C=C\C/C=C\C/C=C\CC)COC(=O)CCCCCCCCCCCCCCCCCCCCCCCCCCCCC. The summed E-state index contributed by atoms with van der Waals surface area (Å²) < 4.78 is 16.9. The van der Waals surface area contributed by atoms with Crippen LogP contribution in [0.4, 0.5) is 0 Å². The van der Waals surface area contributed by atoms with E-state index in [4.69, 9.17) is 14.2 Å². The summed E-state index contributed by atoms with van der Waals surface area (Å²) in [5.74, 6) is -0.917. The van der Waals surface area contributed by atoms with E-state index in [9.17, 15) is 14.4 Å². The monoisotopic (exact) mass is 1130 g/mol. The summed E-state index contributed by atoms with van der Waals surface area (Å²) in [4.78, 5) is 38.4. The van der Waals surface area contributed by atoms with E-state index in [2.05, 4.69) is 118 Å². The first kappa shape index (κ1) is 77.3. The lowest BCUT2D eigenvalue weighted by Gasteiger charge is -2.18. The Morgan fingerprint density at radius 1 is 0.259 bits per heavy atom. The number of hydrogen-bond acceptors (Lipinski definition) is 6. The number of esters is 3. The summed E-state index contributed by atoms with van der Waals surface area (Å²) in [5.41, 5.74) is 0. The van der Waals surface area contributed by atoms with E-state index in [-0.39, 0.29) is 31.1 Å². The molecule has 0 aliphatic rings. The molecule has 0 amide bonds. The van der Waals surface area contributed by atoms with Crippen molar-refractivity contribution in [2.45, 2.75) is 348 Å². The van der Waals surface area contributed by atoms with Gasteiger partial charge in [-0.3, -0.25) is 14.4 Å². The summed E-state index contributed by atoms with van der Waals surface area (Å²) in [6, 6.07) is 0. The molecule has 0 aromatic rings. The standard InChI is InChI=1S/C75H130O6/c1-4-7-10-13-16-19-22-25-27-29-31-33-35-36-37-38-40-41-43-45-47-50-53-56-59-62-65-68-74(77)80-71-72(70-79-73(76)67-64-61-58-55-52-49-24-21-18-15-12-9-6-3)81-75(78)69-66-63-60-57-54-51-48-46-44-42-39-34-32-30-28-26-23-20-17-14-11-8-5-2/h8-9,11-12,17-18,20-21,26,28,32,34,42,44,49,52,72H,4-7,10,13-16,19,22-25,27,29-31,33,35-41,43,45-48,50-51,53-71H2,1-3H3/b11-8-,12-9-,20-17-,21-18-,28-26-,34-32-,44-42-,52-49-. The van der Waals surface area contributed by atoms with Gasteiger partial charge < -0.3 is 14.2 Å². The largest absolute Gasteiger partial charge is 0.462 e. The van der Waals surface area contributed by atoms with E-state index in [0.29, 0.717) is 19.3 Å². The van der Waals surface area contributed by atoms with Crippen molar-refractivity contribution in [2.75, 3.05) is 13.2 Å². The van der Waals surface area contributed by atoms with Crippen molar-refractivity contribution in [1.82, 2.24) is 0 Å². The molecule has 1 unspecified atom stereocenters. The number of carbonyl (C=O) groups excluding carboxylic acids is 3. The maximum Gasteiger partial charge on any atom is 0.306 e. The molecule has 0 aliphatic carbocycles. The Kier molecular flexibility index (Phi) is 65.7. The molecule has 0 bridgehead atoms. The smallest absolute Gasteiger partial charge is 0.306 e. The first-order valence-corrected chi connectivity index (χ1v) is 34.7. The molecule has 0 spiro atoms. The van der Waals surface area contributed by atoms with E-state index in [0.717, 1.165) is 122 Å². The summed E-state index contributed by atoms with van der Waals surface area (Å²) in [5, 5.41) is 0. The highest BCUT2D eigenvalue weighted by molar-refractivity contribution is 5.71. The Labute approximate surface area is 502 Å². The van der Waals surface area contributed by atoms with Crippen molar-refractivity contribution in [3.05, 3.63) is 97.2 Å². The first-order chi connectivity index (χ1) is 40.0. The van der Waals surface area contributed by atoms with E-state index in [1.54, 1.807) is 0 Å². The van der Waals surface area contributed by atoms with Crippen LogP contribution in [-0.2, 0) is 28.6 Å². The molecule has 81 heavy (non-hydrogen) atoms. The zero-order chi connectivity index (χ0) is 58.5. The molecule has 0 N–H and O–H groups in total. The molecule has 0 saturated heterocycles. The number of ether oxygens (including phenoxy) is 3. The third-order valence-corrected chi connectivity index (χ3v) is 15.1. The number of unbranched alkanes of at least 4 members (excludes halogenated alkanes) is 36. The van der Waals surface area contributed by atoms with Gasteiger partial charge in [0, 0.05) is 19.3 Å². The first-order valence-electron chi connectivity index (χ1n) is 34.7. The fourth-order valence-corrected chi connectivity index (χ4v) is 9.96. The van der Waals surface area contributed by atoms with Gasteiger partial charge in [0.1, 0.15) is 13.2 Å². The van der Waals surface area contributed by atoms with E-state index < -0.39 is 6.10 Å². The molecule has 0 aliphatic heterocycles. The Bertz CT molecular complexity index is 1580. The fourth-order valence-electron chi connectivity index (χ4n) is 9.96. The molecular weight excluding hydrogens is 997 g/mol. The van der Waals surface area contributed by atoms with E-state index >= 15 is 0 Å². The second kappa shape index (κ2) is 68.8. The average molecular weight is 1130 g/mol. The third kappa shape index (κ3) is 67.0. The van der Waals surface area contributed by atoms with Crippen LogP contribution in [0.1, 0.15) is 342 Å². The maximum atomic E-state index is 12.9. The van der Waals surface area contributed by atoms with Crippen molar-refractivity contribution in [3.63, 3.8) is 0 Å². The predicted molar refractivity (Wildman–Crippen MR) is 353 cm³/mol. The van der Waals surface area contributed by atoms with Gasteiger partial charge in [0.2, 0.25) is 0 Å². The summed E-state index contributed by atoms with van der Waals surface area (Å²) in [6.07, 6.45) is 93.0. The van der Waals surface area contributed by atoms with Gasteiger partial charge in [-0.15, -0.1) is 0 Å². The highest BCUT2D eigenvalue weighted by Crippen LogP contribution is 2.18. The molecule has 0 fully saturated rings. The number of allylic oxidation sites excluding steroid dienone is 16. The number of hydrogen-bond donors (Lipinski definition) is 0. The molecule has 0 radical (unpaired) electrons. The molecule has 6 nitrogen and oxygen atoms in total. The number of carbonyl (C=O) groups is 3. The molecule has 0 rings (SSSR count). The van der Waals surface area contributed by atoms with Crippen molar-refractivity contribution < 1.29 is 28.6 Å². The minimum Gasteiger partial charge on any atom is -0.462 e. The highest BCUT2D eigenvalue weighted by atomic mass is 16.6. The van der Waals surface area contributed by atoms with Crippen LogP contribution in [0.15, 0.2) is 97.2 Å². The van der Waals surface area contributed by atoms with Crippen LogP contribution >= 0.6 is 0 Å². The van der Waals surface area contributed by atoms with Crippen LogP contribution in [0.3, 0.4) is 0 Å². The van der Waals surface area contributed by atoms with Gasteiger partial charge in [-0.25, -0.2) is 0 Å². The minimum atomic E-state index is -0.797. The van der Waals surface area contributed by atoms with Gasteiger partial charge in [-0.1, -0.05) is 323 Å². The third-order valence-electron chi connectivity index (χ3n) is 15.1. The molecule has 0 saturated carbocycles. The zero-order valence-corrected chi connectivity index (χ0v) is 53.5. The van der Waals surface area contributed by atoms with Gasteiger partial charge in [0.05, 0.1) is 0 Å². The Balaban J connectivity index is 4.28. The maximum absolute atomic E-state index is 12.9. The minimum absolute atomic E-state index is 0.0893. The normalized spacial score (nSPS) is 12.7. The van der Waals surface area contributed by atoms with Gasteiger partial charge >= 0.3 is 17.9 Å². The van der Waals surface area contributed by atoms with Crippen LogP contribution in [-0.4, -0.2) is 37.2 Å². The summed E-state index contributed by atoms with van der Waals surface area (Å²) in [6.45, 7) is 6.42. The second-order valence-electron chi connectivity index (χ2n) is 23.0. The summed E-state index contributed by atoms with van der Waals surface area (Å²) in [7, 11) is 0. The van der Waals surface area contributed by atoms with Gasteiger partial charge in [-0.2, -0.15) is 0 Å². The Morgan fingerprint density at radius 3 is 0.765 bits per heavy atom. The van der Waals surface area contributed by atoms with Crippen LogP contribution in [0, 0.1) is 0 Å². The molecule has 1 atom stereocenters. The Morgan fingerprint density at radius 2 is 0.481 bits per heavy atom. The second-order valence-corrected chi connectivity index (χ2v) is 23.0. The van der Waals surface area contributed by atoms with Crippen LogP contribution in [0.2, 0.25) is 0 Å². The number of rotatable bonds is 63. The van der Waals surface area contributed by atoms with Crippen molar-refractivity contribution in [3.8, 4) is 0 Å². The van der Waals surface area contributed by atoms with E-state index in [1.807, 2.05) is 0 Å². The van der Waals surface area contributed by atoms with E-state index in [1.165, 1.54) is 180 Å². The molecule has 0 aromatic carbocycles. The topological polar surface area (TPSA) is 78.9 Å². The molecule has 466 valence electrons. The lowest BCUT2D eigenvalue weighted by molar-refractivity contribution is -0.167. The summed E-state index contributed by atoms with van der Waals surface area (Å²) >= 11 is 0. The average Bonchev–Trinajstić information content (AvgIpc) is 3.46. The van der Waals surface area contributed by atoms with Gasteiger partial charge in [0.15, 0.2) is 6.10 Å². The molecule has 0 heterocycles. The van der Waals surface area contributed by atoms with Gasteiger partial charge in [-0.05, 0) is 96.3 Å². The van der Waals surface area contributed by atoms with Crippen LogP contribution in [0.5, 0.6) is 0 Å². The van der Waals surface area contributed by atoms with Crippen molar-refractivity contribution in [2.24, 2.45) is 0 Å². The quantitative estimate of drug-likeness (QED) is 0.0261. The van der Waals surface area contributed by atoms with Gasteiger partial charge in [0.25, 0.3) is 0 Å².